The van der Waals surface area contributed by atoms with Gasteiger partial charge in [0.15, 0.2) is 0 Å². The molecule has 2 nitrogen and oxygen atoms in total. The molecule has 0 saturated heterocycles. The van der Waals surface area contributed by atoms with Gasteiger partial charge in [-0.05, 0) is 18.2 Å². The second kappa shape index (κ2) is 4.09. The highest BCUT2D eigenvalue weighted by atomic mass is 35.5. The van der Waals surface area contributed by atoms with Gasteiger partial charge in [-0.25, -0.2) is 0 Å². The van der Waals surface area contributed by atoms with Gasteiger partial charge >= 0.3 is 0 Å². The molecular formula is C11H7Cl2NO. The van der Waals surface area contributed by atoms with Crippen LogP contribution in [-0.4, -0.2) is 10.1 Å². The number of pyridine rings is 1. The minimum absolute atomic E-state index is 0.133. The van der Waals surface area contributed by atoms with Crippen molar-refractivity contribution in [3.8, 4) is 17.0 Å². The van der Waals surface area contributed by atoms with Gasteiger partial charge < -0.3 is 5.11 Å². The van der Waals surface area contributed by atoms with Gasteiger partial charge in [0, 0.05) is 11.8 Å². The normalized spacial score (nSPS) is 10.3. The van der Waals surface area contributed by atoms with Crippen molar-refractivity contribution in [3.05, 3.63) is 46.6 Å². The van der Waals surface area contributed by atoms with Gasteiger partial charge in [-0.1, -0.05) is 35.3 Å². The van der Waals surface area contributed by atoms with Crippen LogP contribution in [0.15, 0.2) is 36.5 Å². The number of para-hydroxylation sites is 1. The first-order chi connectivity index (χ1) is 7.20. The molecule has 0 aliphatic rings. The second-order valence-electron chi connectivity index (χ2n) is 2.97. The summed E-state index contributed by atoms with van der Waals surface area (Å²) in [5, 5.41) is 10.4. The standard InChI is InChI=1S/C11H7Cl2NO/c12-8-5-6-14-11(10(8)13)7-3-1-2-4-9(7)15/h1-6,15H. The zero-order chi connectivity index (χ0) is 10.8. The van der Waals surface area contributed by atoms with Crippen molar-refractivity contribution >= 4 is 23.2 Å². The fraction of sp³-hybridized carbons (Fsp3) is 0. The topological polar surface area (TPSA) is 33.1 Å². The van der Waals surface area contributed by atoms with Crippen molar-refractivity contribution in [1.29, 1.82) is 0 Å². The van der Waals surface area contributed by atoms with E-state index in [4.69, 9.17) is 23.2 Å². The molecule has 0 saturated carbocycles. The monoisotopic (exact) mass is 239 g/mol. The van der Waals surface area contributed by atoms with E-state index in [9.17, 15) is 5.11 Å². The van der Waals surface area contributed by atoms with Gasteiger partial charge in [-0.15, -0.1) is 0 Å². The molecule has 1 heterocycles. The van der Waals surface area contributed by atoms with E-state index in [1.807, 2.05) is 0 Å². The molecule has 2 rings (SSSR count). The maximum Gasteiger partial charge on any atom is 0.125 e. The average molecular weight is 240 g/mol. The highest BCUT2D eigenvalue weighted by molar-refractivity contribution is 6.43. The van der Waals surface area contributed by atoms with Crippen LogP contribution in [0.2, 0.25) is 10.0 Å². The molecule has 0 aliphatic carbocycles. The van der Waals surface area contributed by atoms with Crippen LogP contribution < -0.4 is 0 Å². The number of benzene rings is 1. The van der Waals surface area contributed by atoms with E-state index < -0.39 is 0 Å². The maximum atomic E-state index is 9.64. The molecule has 0 bridgehead atoms. The largest absolute Gasteiger partial charge is 0.507 e. The number of aromatic hydroxyl groups is 1. The Kier molecular flexibility index (Phi) is 2.80. The van der Waals surface area contributed by atoms with Gasteiger partial charge in [0.1, 0.15) is 5.75 Å². The zero-order valence-corrected chi connectivity index (χ0v) is 9.13. The lowest BCUT2D eigenvalue weighted by Gasteiger charge is -2.06. The van der Waals surface area contributed by atoms with E-state index >= 15 is 0 Å². The molecule has 0 atom stereocenters. The third-order valence-electron chi connectivity index (χ3n) is 2.00. The summed E-state index contributed by atoms with van der Waals surface area (Å²) in [6.45, 7) is 0. The number of nitrogens with zero attached hydrogens (tertiary/aromatic N) is 1. The van der Waals surface area contributed by atoms with Crippen LogP contribution in [0.25, 0.3) is 11.3 Å². The van der Waals surface area contributed by atoms with Crippen LogP contribution in [0, 0.1) is 0 Å². The first-order valence-electron chi connectivity index (χ1n) is 4.28. The molecule has 2 aromatic rings. The molecule has 0 aliphatic heterocycles. The third-order valence-corrected chi connectivity index (χ3v) is 2.80. The van der Waals surface area contributed by atoms with Crippen LogP contribution in [0.5, 0.6) is 5.75 Å². The van der Waals surface area contributed by atoms with Crippen molar-refractivity contribution < 1.29 is 5.11 Å². The SMILES string of the molecule is Oc1ccccc1-c1nccc(Cl)c1Cl. The summed E-state index contributed by atoms with van der Waals surface area (Å²) < 4.78 is 0. The summed E-state index contributed by atoms with van der Waals surface area (Å²) in [6.07, 6.45) is 1.55. The van der Waals surface area contributed by atoms with Crippen molar-refractivity contribution in [3.63, 3.8) is 0 Å². The molecule has 0 radical (unpaired) electrons. The Morgan fingerprint density at radius 3 is 2.53 bits per heavy atom. The molecule has 0 amide bonds. The van der Waals surface area contributed by atoms with E-state index in [0.29, 0.717) is 21.3 Å². The fourth-order valence-corrected chi connectivity index (χ4v) is 1.64. The Morgan fingerprint density at radius 2 is 1.80 bits per heavy atom. The first-order valence-corrected chi connectivity index (χ1v) is 5.04. The van der Waals surface area contributed by atoms with E-state index in [-0.39, 0.29) is 5.75 Å². The molecule has 0 unspecified atom stereocenters. The van der Waals surface area contributed by atoms with Crippen LogP contribution in [0.4, 0.5) is 0 Å². The van der Waals surface area contributed by atoms with Crippen molar-refractivity contribution in [1.82, 2.24) is 4.98 Å². The minimum Gasteiger partial charge on any atom is -0.507 e. The predicted octanol–water partition coefficient (Wildman–Crippen LogP) is 3.76. The number of phenols is 1. The summed E-state index contributed by atoms with van der Waals surface area (Å²) in [5.74, 6) is 0.133. The number of phenolic OH excluding ortho intramolecular Hbond substituents is 1. The van der Waals surface area contributed by atoms with Crippen LogP contribution in [0.1, 0.15) is 0 Å². The smallest absolute Gasteiger partial charge is 0.125 e. The van der Waals surface area contributed by atoms with Gasteiger partial charge in [0.25, 0.3) is 0 Å². The number of hydrogen-bond acceptors (Lipinski definition) is 2. The molecule has 15 heavy (non-hydrogen) atoms. The highest BCUT2D eigenvalue weighted by Gasteiger charge is 2.11. The van der Waals surface area contributed by atoms with Crippen molar-refractivity contribution in [2.24, 2.45) is 0 Å². The number of hydrogen-bond donors (Lipinski definition) is 1. The number of aromatic nitrogens is 1. The number of rotatable bonds is 1. The summed E-state index contributed by atoms with van der Waals surface area (Å²) in [4.78, 5) is 4.09. The predicted molar refractivity (Wildman–Crippen MR) is 61.4 cm³/mol. The van der Waals surface area contributed by atoms with E-state index in [2.05, 4.69) is 4.98 Å². The molecule has 0 spiro atoms. The summed E-state index contributed by atoms with van der Waals surface area (Å²) >= 11 is 11.9. The molecule has 4 heteroatoms. The van der Waals surface area contributed by atoms with Gasteiger partial charge in [0.2, 0.25) is 0 Å². The van der Waals surface area contributed by atoms with Crippen molar-refractivity contribution in [2.45, 2.75) is 0 Å². The van der Waals surface area contributed by atoms with E-state index in [0.717, 1.165) is 0 Å². The summed E-state index contributed by atoms with van der Waals surface area (Å²) in [6, 6.07) is 8.45. The van der Waals surface area contributed by atoms with Gasteiger partial charge in [-0.2, -0.15) is 0 Å². The Balaban J connectivity index is 2.65. The lowest BCUT2D eigenvalue weighted by Crippen LogP contribution is -1.85. The highest BCUT2D eigenvalue weighted by Crippen LogP contribution is 2.35. The van der Waals surface area contributed by atoms with Gasteiger partial charge in [-0.3, -0.25) is 4.98 Å². The molecule has 0 fully saturated rings. The molecule has 1 N–H and O–H groups in total. The Morgan fingerprint density at radius 1 is 1.07 bits per heavy atom. The summed E-state index contributed by atoms with van der Waals surface area (Å²) in [7, 11) is 0. The Labute approximate surface area is 97.1 Å². The van der Waals surface area contributed by atoms with E-state index in [1.165, 1.54) is 0 Å². The van der Waals surface area contributed by atoms with Crippen LogP contribution in [0.3, 0.4) is 0 Å². The van der Waals surface area contributed by atoms with E-state index in [1.54, 1.807) is 36.5 Å². The lowest BCUT2D eigenvalue weighted by molar-refractivity contribution is 0.477. The Bertz CT molecular complexity index is 500. The average Bonchev–Trinajstić information content (AvgIpc) is 2.23. The third kappa shape index (κ3) is 1.91. The quantitative estimate of drug-likeness (QED) is 0.823. The van der Waals surface area contributed by atoms with Crippen molar-refractivity contribution in [2.75, 3.05) is 0 Å². The minimum atomic E-state index is 0.133. The molecule has 1 aromatic carbocycles. The molecule has 76 valence electrons. The second-order valence-corrected chi connectivity index (χ2v) is 3.76. The maximum absolute atomic E-state index is 9.64. The zero-order valence-electron chi connectivity index (χ0n) is 7.61. The molecule has 1 aromatic heterocycles. The van der Waals surface area contributed by atoms with Crippen LogP contribution >= 0.6 is 23.2 Å². The first kappa shape index (κ1) is 10.3. The van der Waals surface area contributed by atoms with Crippen LogP contribution in [-0.2, 0) is 0 Å². The Hall–Kier alpha value is -1.25. The summed E-state index contributed by atoms with van der Waals surface area (Å²) in [5.41, 5.74) is 1.06. The number of halogens is 2. The van der Waals surface area contributed by atoms with Gasteiger partial charge in [0.05, 0.1) is 15.7 Å². The lowest BCUT2D eigenvalue weighted by atomic mass is 10.1. The molecular weight excluding hydrogens is 233 g/mol. The fourth-order valence-electron chi connectivity index (χ4n) is 1.28.